The Morgan fingerprint density at radius 3 is 0.871 bits per heavy atom. The van der Waals surface area contributed by atoms with Gasteiger partial charge in [0.25, 0.3) is 0 Å². The van der Waals surface area contributed by atoms with E-state index in [2.05, 4.69) is 0 Å². The van der Waals surface area contributed by atoms with Crippen molar-refractivity contribution in [2.75, 3.05) is 78.5 Å². The van der Waals surface area contributed by atoms with Crippen molar-refractivity contribution >= 4 is 23.9 Å². The van der Waals surface area contributed by atoms with Gasteiger partial charge in [0.15, 0.2) is 0 Å². The minimum Gasteiger partial charge on any atom is -0.480 e. The molecule has 12 heteroatoms. The van der Waals surface area contributed by atoms with E-state index < -0.39 is 23.9 Å². The Balaban J connectivity index is 2.88. The van der Waals surface area contributed by atoms with E-state index in [4.69, 9.17) is 20.4 Å². The number of aliphatic carboxylic acids is 4. The van der Waals surface area contributed by atoms with Gasteiger partial charge in [-0.2, -0.15) is 0 Å². The molecule has 0 aromatic rings. The first-order valence-corrected chi connectivity index (χ1v) is 10.4. The van der Waals surface area contributed by atoms with E-state index in [0.717, 1.165) is 0 Å². The van der Waals surface area contributed by atoms with Crippen molar-refractivity contribution in [3.63, 3.8) is 0 Å². The summed E-state index contributed by atoms with van der Waals surface area (Å²) in [6, 6.07) is 0. The monoisotopic (exact) mass is 446 g/mol. The summed E-state index contributed by atoms with van der Waals surface area (Å²) in [6.07, 6.45) is 1.88. The number of hydrogen-bond donors (Lipinski definition) is 4. The Labute approximate surface area is 181 Å². The third-order valence-electron chi connectivity index (χ3n) is 5.05. The van der Waals surface area contributed by atoms with Crippen molar-refractivity contribution < 1.29 is 39.6 Å². The lowest BCUT2D eigenvalue weighted by Crippen LogP contribution is -2.42. The van der Waals surface area contributed by atoms with E-state index >= 15 is 0 Å². The van der Waals surface area contributed by atoms with Gasteiger partial charge >= 0.3 is 23.9 Å². The largest absolute Gasteiger partial charge is 0.480 e. The van der Waals surface area contributed by atoms with E-state index in [0.29, 0.717) is 71.6 Å². The summed E-state index contributed by atoms with van der Waals surface area (Å²) < 4.78 is 0. The molecular weight excluding hydrogens is 412 g/mol. The van der Waals surface area contributed by atoms with Gasteiger partial charge in [0.1, 0.15) is 0 Å². The van der Waals surface area contributed by atoms with Gasteiger partial charge in [-0.05, 0) is 32.4 Å². The molecule has 0 spiro atoms. The zero-order valence-electron chi connectivity index (χ0n) is 17.8. The van der Waals surface area contributed by atoms with E-state index in [1.54, 1.807) is 19.6 Å². The van der Waals surface area contributed by atoms with Crippen LogP contribution in [0.4, 0.5) is 0 Å². The molecule has 1 heterocycles. The predicted molar refractivity (Wildman–Crippen MR) is 110 cm³/mol. The SMILES string of the molecule is O=C(O)CN1CCCCN(CC(=O)O)CCN(CC(=O)O)CCCN(CC(=O)O)CC1. The Bertz CT molecular complexity index is 553. The fourth-order valence-corrected chi connectivity index (χ4v) is 3.60. The molecule has 0 unspecified atom stereocenters. The van der Waals surface area contributed by atoms with Crippen LogP contribution in [0.2, 0.25) is 0 Å². The molecule has 0 aliphatic carbocycles. The average molecular weight is 447 g/mol. The van der Waals surface area contributed by atoms with Gasteiger partial charge in [-0.25, -0.2) is 0 Å². The second kappa shape index (κ2) is 14.7. The number of nitrogens with zero attached hydrogens (tertiary/aromatic N) is 4. The van der Waals surface area contributed by atoms with Crippen LogP contribution < -0.4 is 0 Å². The van der Waals surface area contributed by atoms with E-state index in [9.17, 15) is 19.2 Å². The predicted octanol–water partition coefficient (Wildman–Crippen LogP) is -1.28. The summed E-state index contributed by atoms with van der Waals surface area (Å²) in [5, 5.41) is 36.6. The number of carbonyl (C=O) groups is 4. The Kier molecular flexibility index (Phi) is 12.7. The topological polar surface area (TPSA) is 162 Å². The minimum atomic E-state index is -0.977. The van der Waals surface area contributed by atoms with Crippen LogP contribution >= 0.6 is 0 Å². The van der Waals surface area contributed by atoms with Gasteiger partial charge in [-0.3, -0.25) is 38.8 Å². The minimum absolute atomic E-state index is 0.147. The van der Waals surface area contributed by atoms with Crippen LogP contribution in [0, 0.1) is 0 Å². The maximum absolute atomic E-state index is 11.2. The van der Waals surface area contributed by atoms with Gasteiger partial charge in [0, 0.05) is 39.3 Å². The van der Waals surface area contributed by atoms with Crippen molar-refractivity contribution in [2.24, 2.45) is 0 Å². The Morgan fingerprint density at radius 2 is 0.645 bits per heavy atom. The molecule has 0 aromatic carbocycles. The molecule has 0 amide bonds. The lowest BCUT2D eigenvalue weighted by Gasteiger charge is -2.27. The normalized spacial score (nSPS) is 19.9. The number of carboxylic acid groups (broad SMARTS) is 4. The first-order valence-electron chi connectivity index (χ1n) is 10.4. The van der Waals surface area contributed by atoms with Crippen molar-refractivity contribution in [1.82, 2.24) is 19.6 Å². The van der Waals surface area contributed by atoms with Crippen LogP contribution in [0.5, 0.6) is 0 Å². The van der Waals surface area contributed by atoms with Crippen LogP contribution in [0.25, 0.3) is 0 Å². The summed E-state index contributed by atoms with van der Waals surface area (Å²) in [4.78, 5) is 51.7. The fourth-order valence-electron chi connectivity index (χ4n) is 3.60. The molecule has 1 aliphatic heterocycles. The Morgan fingerprint density at radius 1 is 0.419 bits per heavy atom. The average Bonchev–Trinajstić information content (AvgIpc) is 2.64. The molecule has 1 aliphatic rings. The molecule has 178 valence electrons. The van der Waals surface area contributed by atoms with E-state index in [1.807, 2.05) is 0 Å². The molecule has 0 radical (unpaired) electrons. The Hall–Kier alpha value is -2.28. The van der Waals surface area contributed by atoms with Crippen LogP contribution in [0.1, 0.15) is 19.3 Å². The van der Waals surface area contributed by atoms with Crippen molar-refractivity contribution in [3.05, 3.63) is 0 Å². The number of carboxylic acids is 4. The highest BCUT2D eigenvalue weighted by Gasteiger charge is 2.18. The van der Waals surface area contributed by atoms with Gasteiger partial charge in [-0.1, -0.05) is 0 Å². The standard InChI is InChI=1S/C19H34N4O8/c24-16(25)12-20-4-1-2-5-21(13-17(26)27)9-11-23(15-19(30)31)7-3-6-22(10-8-20)14-18(28)29/h1-15H2,(H,24,25)(H,26,27)(H,28,29)(H,30,31). The van der Waals surface area contributed by atoms with E-state index in [-0.39, 0.29) is 26.2 Å². The van der Waals surface area contributed by atoms with Crippen LogP contribution in [-0.2, 0) is 19.2 Å². The maximum atomic E-state index is 11.2. The third kappa shape index (κ3) is 13.6. The van der Waals surface area contributed by atoms with Crippen molar-refractivity contribution in [2.45, 2.75) is 19.3 Å². The van der Waals surface area contributed by atoms with Crippen LogP contribution in [-0.4, -0.2) is 142 Å². The third-order valence-corrected chi connectivity index (χ3v) is 5.05. The zero-order chi connectivity index (χ0) is 23.2. The second-order valence-electron chi connectivity index (χ2n) is 7.74. The fraction of sp³-hybridized carbons (Fsp3) is 0.789. The van der Waals surface area contributed by atoms with Crippen LogP contribution in [0.15, 0.2) is 0 Å². The first kappa shape index (κ1) is 26.8. The molecule has 0 atom stereocenters. The lowest BCUT2D eigenvalue weighted by atomic mass is 10.2. The highest BCUT2D eigenvalue weighted by molar-refractivity contribution is 5.70. The lowest BCUT2D eigenvalue weighted by molar-refractivity contribution is -0.140. The van der Waals surface area contributed by atoms with Gasteiger partial charge < -0.3 is 20.4 Å². The molecule has 1 fully saturated rings. The molecular formula is C19H34N4O8. The molecule has 1 saturated heterocycles. The molecule has 4 N–H and O–H groups in total. The summed E-state index contributed by atoms with van der Waals surface area (Å²) in [7, 11) is 0. The number of rotatable bonds is 8. The summed E-state index contributed by atoms with van der Waals surface area (Å²) in [5.41, 5.74) is 0. The summed E-state index contributed by atoms with van der Waals surface area (Å²) in [6.45, 7) is 2.83. The maximum Gasteiger partial charge on any atom is 0.317 e. The highest BCUT2D eigenvalue weighted by atomic mass is 16.4. The molecule has 0 bridgehead atoms. The molecule has 1 rings (SSSR count). The van der Waals surface area contributed by atoms with E-state index in [1.165, 1.54) is 0 Å². The smallest absolute Gasteiger partial charge is 0.317 e. The molecule has 0 saturated carbocycles. The van der Waals surface area contributed by atoms with Crippen LogP contribution in [0.3, 0.4) is 0 Å². The van der Waals surface area contributed by atoms with Gasteiger partial charge in [0.05, 0.1) is 26.2 Å². The van der Waals surface area contributed by atoms with Gasteiger partial charge in [0.2, 0.25) is 0 Å². The molecule has 0 aromatic heterocycles. The molecule has 31 heavy (non-hydrogen) atoms. The first-order chi connectivity index (χ1) is 14.7. The summed E-state index contributed by atoms with van der Waals surface area (Å²) >= 11 is 0. The summed E-state index contributed by atoms with van der Waals surface area (Å²) in [5.74, 6) is -3.87. The molecule has 12 nitrogen and oxygen atoms in total. The van der Waals surface area contributed by atoms with Crippen molar-refractivity contribution in [3.8, 4) is 0 Å². The second-order valence-corrected chi connectivity index (χ2v) is 7.74. The highest BCUT2D eigenvalue weighted by Crippen LogP contribution is 2.04. The zero-order valence-corrected chi connectivity index (χ0v) is 17.8. The van der Waals surface area contributed by atoms with Gasteiger partial charge in [-0.15, -0.1) is 0 Å². The van der Waals surface area contributed by atoms with Crippen molar-refractivity contribution in [1.29, 1.82) is 0 Å². The number of hydrogen-bond acceptors (Lipinski definition) is 8. The quantitative estimate of drug-likeness (QED) is 0.350.